The third-order valence-electron chi connectivity index (χ3n) is 5.03. The Hall–Kier alpha value is -2.73. The highest BCUT2D eigenvalue weighted by molar-refractivity contribution is 5.98. The molecule has 2 N–H and O–H groups in total. The molecule has 0 aromatic carbocycles. The van der Waals surface area contributed by atoms with Gasteiger partial charge in [0, 0.05) is 6.54 Å². The lowest BCUT2D eigenvalue weighted by atomic mass is 9.95. The van der Waals surface area contributed by atoms with Gasteiger partial charge in [0.1, 0.15) is 17.7 Å². The second-order valence-electron chi connectivity index (χ2n) is 9.90. The van der Waals surface area contributed by atoms with Gasteiger partial charge in [-0.2, -0.15) is 22.0 Å². The largest absolute Gasteiger partial charge is 0.461 e. The van der Waals surface area contributed by atoms with E-state index in [1.54, 1.807) is 34.6 Å². The van der Waals surface area contributed by atoms with Crippen molar-refractivity contribution in [3.05, 3.63) is 12.2 Å². The molecule has 13 heteroatoms. The topological polar surface area (TPSA) is 105 Å². The molecule has 0 aliphatic carbocycles. The molecule has 3 atom stereocenters. The number of nitrogens with zero attached hydrogens (tertiary/aromatic N) is 1. The van der Waals surface area contributed by atoms with Crippen LogP contribution in [0.25, 0.3) is 0 Å². The highest BCUT2D eigenvalue weighted by Crippen LogP contribution is 2.37. The number of rotatable bonds is 8. The fraction of sp³-hybridized carbons (Fsp3) is 0.727. The molecule has 8 nitrogen and oxygen atoms in total. The van der Waals surface area contributed by atoms with Gasteiger partial charge in [0.05, 0.1) is 6.04 Å². The summed E-state index contributed by atoms with van der Waals surface area (Å²) in [5.74, 6) is -11.5. The zero-order valence-corrected chi connectivity index (χ0v) is 20.6. The number of ether oxygens (including phenoxy) is 1. The number of amides is 3. The van der Waals surface area contributed by atoms with E-state index >= 15 is 0 Å². The number of ketones is 1. The minimum Gasteiger partial charge on any atom is -0.444 e. The number of nitrogens with one attached hydrogen (secondary N) is 2. The zero-order valence-electron chi connectivity index (χ0n) is 20.6. The van der Waals surface area contributed by atoms with Gasteiger partial charge in [0.15, 0.2) is 0 Å². The Morgan fingerprint density at radius 2 is 1.43 bits per heavy atom. The second kappa shape index (κ2) is 10.9. The van der Waals surface area contributed by atoms with Gasteiger partial charge in [-0.05, 0) is 32.6 Å². The molecule has 3 amide bonds. The van der Waals surface area contributed by atoms with Crippen LogP contribution in [-0.2, 0) is 19.1 Å². The second-order valence-corrected chi connectivity index (χ2v) is 9.90. The third kappa shape index (κ3) is 7.63. The molecule has 1 aliphatic rings. The minimum absolute atomic E-state index is 0.0882. The summed E-state index contributed by atoms with van der Waals surface area (Å²) in [6, 6.07) is -4.68. The molecule has 0 saturated carbocycles. The lowest BCUT2D eigenvalue weighted by molar-refractivity contribution is -0.269. The predicted molar refractivity (Wildman–Crippen MR) is 115 cm³/mol. The number of halogens is 5. The van der Waals surface area contributed by atoms with Crippen LogP contribution in [0.1, 0.15) is 48.5 Å². The Morgan fingerprint density at radius 1 is 0.914 bits per heavy atom. The molecule has 0 fully saturated rings. The summed E-state index contributed by atoms with van der Waals surface area (Å²) in [5.41, 5.74) is -0.844. The van der Waals surface area contributed by atoms with Crippen molar-refractivity contribution in [3.8, 4) is 0 Å². The van der Waals surface area contributed by atoms with E-state index in [0.29, 0.717) is 0 Å². The molecule has 1 aliphatic heterocycles. The maximum atomic E-state index is 13.6. The first-order chi connectivity index (χ1) is 15.7. The zero-order chi connectivity index (χ0) is 27.5. The van der Waals surface area contributed by atoms with Crippen LogP contribution >= 0.6 is 0 Å². The summed E-state index contributed by atoms with van der Waals surface area (Å²) in [6.45, 7) is 10.4. The third-order valence-corrected chi connectivity index (χ3v) is 5.03. The summed E-state index contributed by atoms with van der Waals surface area (Å²) >= 11 is 0. The van der Waals surface area contributed by atoms with Gasteiger partial charge in [-0.25, -0.2) is 4.79 Å². The Labute approximate surface area is 200 Å². The Bertz CT molecular complexity index is 849. The van der Waals surface area contributed by atoms with Crippen LogP contribution in [-0.4, -0.2) is 71.0 Å². The van der Waals surface area contributed by atoms with Gasteiger partial charge in [0.25, 0.3) is 0 Å². The van der Waals surface area contributed by atoms with Crippen molar-refractivity contribution >= 4 is 23.7 Å². The number of alkyl halides is 5. The highest BCUT2D eigenvalue weighted by atomic mass is 19.4. The summed E-state index contributed by atoms with van der Waals surface area (Å²) in [7, 11) is 0. The molecule has 2 unspecified atom stereocenters. The van der Waals surface area contributed by atoms with E-state index in [1.165, 1.54) is 26.0 Å². The van der Waals surface area contributed by atoms with Crippen LogP contribution in [0.15, 0.2) is 12.2 Å². The van der Waals surface area contributed by atoms with E-state index in [-0.39, 0.29) is 6.54 Å². The maximum absolute atomic E-state index is 13.6. The molecule has 0 saturated heterocycles. The van der Waals surface area contributed by atoms with Crippen LogP contribution in [0.3, 0.4) is 0 Å². The Kier molecular flexibility index (Phi) is 9.44. The summed E-state index contributed by atoms with van der Waals surface area (Å²) in [4.78, 5) is 51.2. The van der Waals surface area contributed by atoms with Gasteiger partial charge in [-0.1, -0.05) is 39.8 Å². The molecule has 0 spiro atoms. The summed E-state index contributed by atoms with van der Waals surface area (Å²) in [6.07, 6.45) is -4.34. The van der Waals surface area contributed by atoms with Gasteiger partial charge < -0.3 is 20.3 Å². The highest BCUT2D eigenvalue weighted by Gasteiger charge is 2.64. The van der Waals surface area contributed by atoms with Crippen LogP contribution in [0.2, 0.25) is 0 Å². The summed E-state index contributed by atoms with van der Waals surface area (Å²) < 4.78 is 70.5. The van der Waals surface area contributed by atoms with Crippen molar-refractivity contribution in [2.75, 3.05) is 6.54 Å². The first kappa shape index (κ1) is 30.3. The molecular formula is C22H32F5N3O5. The quantitative estimate of drug-likeness (QED) is 0.383. The number of hydrogen-bond acceptors (Lipinski definition) is 5. The SMILES string of the molecule is CC(C)C(NC(=O)C1C=CCN1C(=O)[C@@H](NC(=O)OC(C)(C)C)C(C)C)C(=O)C(F)(F)C(F)(F)F. The number of alkyl carbamates (subject to hydrolysis) is 1. The molecule has 0 aromatic rings. The number of carbonyl (C=O) groups is 4. The molecule has 200 valence electrons. The fourth-order valence-corrected chi connectivity index (χ4v) is 3.21. The van der Waals surface area contributed by atoms with E-state index in [0.717, 1.165) is 4.90 Å². The Morgan fingerprint density at radius 3 is 1.86 bits per heavy atom. The van der Waals surface area contributed by atoms with Crippen molar-refractivity contribution in [2.24, 2.45) is 11.8 Å². The fourth-order valence-electron chi connectivity index (χ4n) is 3.21. The van der Waals surface area contributed by atoms with Gasteiger partial charge in [-0.15, -0.1) is 0 Å². The van der Waals surface area contributed by atoms with E-state index in [2.05, 4.69) is 5.32 Å². The van der Waals surface area contributed by atoms with Crippen LogP contribution in [0.5, 0.6) is 0 Å². The number of carbonyl (C=O) groups excluding carboxylic acids is 4. The van der Waals surface area contributed by atoms with Crippen LogP contribution in [0.4, 0.5) is 26.7 Å². The Balaban J connectivity index is 3.09. The molecule has 0 aromatic heterocycles. The predicted octanol–water partition coefficient (Wildman–Crippen LogP) is 3.21. The van der Waals surface area contributed by atoms with Gasteiger partial charge in [0.2, 0.25) is 17.6 Å². The lowest BCUT2D eigenvalue weighted by Crippen LogP contribution is -2.60. The molecule has 35 heavy (non-hydrogen) atoms. The molecule has 1 rings (SSSR count). The van der Waals surface area contributed by atoms with Crippen molar-refractivity contribution < 1.29 is 45.9 Å². The smallest absolute Gasteiger partial charge is 0.444 e. The van der Waals surface area contributed by atoms with Crippen molar-refractivity contribution in [1.29, 1.82) is 0 Å². The first-order valence-electron chi connectivity index (χ1n) is 11.0. The average molecular weight is 514 g/mol. The van der Waals surface area contributed by atoms with Gasteiger partial charge in [-0.3, -0.25) is 14.4 Å². The van der Waals surface area contributed by atoms with E-state index in [1.807, 2.05) is 5.32 Å². The molecule has 0 bridgehead atoms. The maximum Gasteiger partial charge on any atom is 0.461 e. The van der Waals surface area contributed by atoms with E-state index in [9.17, 15) is 41.1 Å². The molecular weight excluding hydrogens is 481 g/mol. The summed E-state index contributed by atoms with van der Waals surface area (Å²) in [5, 5.41) is 4.37. The molecule has 0 radical (unpaired) electrons. The standard InChI is InChI=1S/C22H32F5N3O5/c1-11(2)14(16(31)21(23,24)22(25,26)27)28-17(32)13-9-8-10-30(13)18(33)15(12(3)4)29-19(34)35-20(5,6)7/h8-9,11-15H,10H2,1-7H3,(H,28,32)(H,29,34)/t13?,14?,15-/m0/s1. The lowest BCUT2D eigenvalue weighted by Gasteiger charge is -2.32. The number of hydrogen-bond donors (Lipinski definition) is 2. The van der Waals surface area contributed by atoms with Crippen LogP contribution < -0.4 is 10.6 Å². The average Bonchev–Trinajstić information content (AvgIpc) is 3.16. The van der Waals surface area contributed by atoms with Crippen molar-refractivity contribution in [3.63, 3.8) is 0 Å². The van der Waals surface area contributed by atoms with Crippen molar-refractivity contribution in [1.82, 2.24) is 15.5 Å². The number of Topliss-reactive ketones (excluding diaryl/α,β-unsaturated/α-hetero) is 1. The normalized spacial score (nSPS) is 18.5. The first-order valence-corrected chi connectivity index (χ1v) is 11.0. The molecule has 1 heterocycles. The van der Waals surface area contributed by atoms with E-state index in [4.69, 9.17) is 4.74 Å². The van der Waals surface area contributed by atoms with E-state index < -0.39 is 71.4 Å². The monoisotopic (exact) mass is 513 g/mol. The van der Waals surface area contributed by atoms with Gasteiger partial charge >= 0.3 is 18.2 Å². The van der Waals surface area contributed by atoms with Crippen molar-refractivity contribution in [2.45, 2.75) is 84.3 Å². The minimum atomic E-state index is -6.13. The van der Waals surface area contributed by atoms with Crippen LogP contribution in [0, 0.1) is 11.8 Å².